The lowest BCUT2D eigenvalue weighted by atomic mass is 10.1. The summed E-state index contributed by atoms with van der Waals surface area (Å²) in [4.78, 5) is 23.2. The summed E-state index contributed by atoms with van der Waals surface area (Å²) in [6, 6.07) is 9.60. The summed E-state index contributed by atoms with van der Waals surface area (Å²) in [7, 11) is 1.31. The molecule has 2 N–H and O–H groups in total. The number of benzene rings is 2. The van der Waals surface area contributed by atoms with E-state index in [0.29, 0.717) is 16.3 Å². The van der Waals surface area contributed by atoms with E-state index in [2.05, 4.69) is 15.6 Å². The van der Waals surface area contributed by atoms with E-state index in [1.165, 1.54) is 25.3 Å². The van der Waals surface area contributed by atoms with Gasteiger partial charge in [0, 0.05) is 11.1 Å². The average Bonchev–Trinajstić information content (AvgIpc) is 2.58. The fourth-order valence-corrected chi connectivity index (χ4v) is 2.76. The summed E-state index contributed by atoms with van der Waals surface area (Å²) in [5.41, 5.74) is 6.60. The minimum atomic E-state index is -0.422. The molecule has 1 amide bonds. The van der Waals surface area contributed by atoms with E-state index in [1.54, 1.807) is 30.3 Å². The second kappa shape index (κ2) is 8.76. The molecule has 5 nitrogen and oxygen atoms in total. The minimum Gasteiger partial charge on any atom is -0.465 e. The minimum absolute atomic E-state index is 0.278. The van der Waals surface area contributed by atoms with Gasteiger partial charge in [-0.3, -0.25) is 15.6 Å². The Morgan fingerprint density at radius 3 is 2.20 bits per heavy atom. The van der Waals surface area contributed by atoms with Gasteiger partial charge in [-0.1, -0.05) is 46.9 Å². The number of anilines is 1. The molecular formula is C17H13Cl3N2O3. The number of carbonyl (C=O) groups excluding carboxylic acids is 2. The summed E-state index contributed by atoms with van der Waals surface area (Å²) >= 11 is 17.8. The van der Waals surface area contributed by atoms with Gasteiger partial charge in [0.15, 0.2) is 0 Å². The van der Waals surface area contributed by atoms with Crippen molar-refractivity contribution in [2.75, 3.05) is 12.5 Å². The Morgan fingerprint density at radius 1 is 1.04 bits per heavy atom. The van der Waals surface area contributed by atoms with Crippen LogP contribution >= 0.6 is 34.8 Å². The fourth-order valence-electron chi connectivity index (χ4n) is 1.85. The molecule has 0 atom stereocenters. The molecular weight excluding hydrogens is 387 g/mol. The molecule has 0 unspecified atom stereocenters. The van der Waals surface area contributed by atoms with Crippen molar-refractivity contribution in [2.45, 2.75) is 0 Å². The Morgan fingerprint density at radius 2 is 1.64 bits per heavy atom. The Balaban J connectivity index is 1.96. The average molecular weight is 400 g/mol. The van der Waals surface area contributed by atoms with Crippen molar-refractivity contribution in [3.05, 3.63) is 68.7 Å². The van der Waals surface area contributed by atoms with E-state index in [-0.39, 0.29) is 10.0 Å². The lowest BCUT2D eigenvalue weighted by Crippen LogP contribution is -2.27. The first-order chi connectivity index (χ1) is 11.9. The van der Waals surface area contributed by atoms with Crippen LogP contribution in [0.3, 0.4) is 0 Å². The van der Waals surface area contributed by atoms with Gasteiger partial charge in [-0.05, 0) is 35.9 Å². The van der Waals surface area contributed by atoms with Crippen LogP contribution in [0.15, 0.2) is 42.5 Å². The monoisotopic (exact) mass is 398 g/mol. The highest BCUT2D eigenvalue weighted by atomic mass is 35.5. The number of esters is 1. The van der Waals surface area contributed by atoms with Gasteiger partial charge in [0.1, 0.15) is 0 Å². The standard InChI is InChI=1S/C17H13Cl3N2O3/c1-25-17(24)11-5-2-10(3-6-11)4-7-15(23)21-22-16-13(19)8-12(18)9-14(16)20/h2-9,22H,1H3,(H,21,23)/b7-4+. The molecule has 2 aromatic rings. The van der Waals surface area contributed by atoms with Crippen molar-refractivity contribution < 1.29 is 14.3 Å². The van der Waals surface area contributed by atoms with Crippen molar-refractivity contribution in [1.29, 1.82) is 0 Å². The number of rotatable bonds is 5. The van der Waals surface area contributed by atoms with E-state index in [0.717, 1.165) is 5.56 Å². The Kier molecular flexibility index (Phi) is 6.70. The van der Waals surface area contributed by atoms with E-state index in [9.17, 15) is 9.59 Å². The molecule has 2 aromatic carbocycles. The zero-order valence-corrected chi connectivity index (χ0v) is 15.2. The highest BCUT2D eigenvalue weighted by Gasteiger charge is 2.08. The van der Waals surface area contributed by atoms with Crippen LogP contribution in [-0.2, 0) is 9.53 Å². The number of ether oxygens (including phenoxy) is 1. The van der Waals surface area contributed by atoms with Crippen LogP contribution in [0.1, 0.15) is 15.9 Å². The zero-order chi connectivity index (χ0) is 18.4. The van der Waals surface area contributed by atoms with E-state index >= 15 is 0 Å². The molecule has 0 aliphatic rings. The topological polar surface area (TPSA) is 67.4 Å². The lowest BCUT2D eigenvalue weighted by Gasteiger charge is -2.10. The van der Waals surface area contributed by atoms with Gasteiger partial charge in [-0.25, -0.2) is 4.79 Å². The van der Waals surface area contributed by atoms with Crippen LogP contribution in [0.2, 0.25) is 15.1 Å². The van der Waals surface area contributed by atoms with E-state index in [1.807, 2.05) is 0 Å². The molecule has 0 saturated heterocycles. The first-order valence-electron chi connectivity index (χ1n) is 6.97. The molecule has 0 saturated carbocycles. The first-order valence-corrected chi connectivity index (χ1v) is 8.11. The van der Waals surface area contributed by atoms with Crippen LogP contribution in [0, 0.1) is 0 Å². The maximum absolute atomic E-state index is 11.9. The van der Waals surface area contributed by atoms with E-state index in [4.69, 9.17) is 34.8 Å². The van der Waals surface area contributed by atoms with Gasteiger partial charge in [0.2, 0.25) is 0 Å². The molecule has 0 heterocycles. The van der Waals surface area contributed by atoms with Crippen LogP contribution in [-0.4, -0.2) is 19.0 Å². The fraction of sp³-hybridized carbons (Fsp3) is 0.0588. The van der Waals surface area contributed by atoms with Crippen molar-refractivity contribution in [3.63, 3.8) is 0 Å². The maximum Gasteiger partial charge on any atom is 0.337 e. The Labute approximate surface area is 159 Å². The highest BCUT2D eigenvalue weighted by molar-refractivity contribution is 6.41. The van der Waals surface area contributed by atoms with Crippen molar-refractivity contribution in [3.8, 4) is 0 Å². The third kappa shape index (κ3) is 5.39. The number of hydrazine groups is 1. The largest absolute Gasteiger partial charge is 0.465 e. The summed E-state index contributed by atoms with van der Waals surface area (Å²) in [5, 5.41) is 0.947. The molecule has 0 fully saturated rings. The molecule has 25 heavy (non-hydrogen) atoms. The third-order valence-electron chi connectivity index (χ3n) is 3.08. The quantitative estimate of drug-likeness (QED) is 0.438. The Bertz CT molecular complexity index is 797. The van der Waals surface area contributed by atoms with Crippen LogP contribution < -0.4 is 10.9 Å². The number of hydrogen-bond acceptors (Lipinski definition) is 4. The molecule has 130 valence electrons. The molecule has 0 aliphatic carbocycles. The molecule has 0 radical (unpaired) electrons. The summed E-state index contributed by atoms with van der Waals surface area (Å²) in [6.07, 6.45) is 2.90. The van der Waals surface area contributed by atoms with Crippen LogP contribution in [0.25, 0.3) is 6.08 Å². The van der Waals surface area contributed by atoms with Crippen molar-refractivity contribution in [2.24, 2.45) is 0 Å². The van der Waals surface area contributed by atoms with Gasteiger partial charge in [-0.15, -0.1) is 0 Å². The molecule has 0 aromatic heterocycles. The third-order valence-corrected chi connectivity index (χ3v) is 3.89. The molecule has 0 bridgehead atoms. The first kappa shape index (κ1) is 19.1. The molecule has 0 aliphatic heterocycles. The molecule has 0 spiro atoms. The number of amides is 1. The lowest BCUT2D eigenvalue weighted by molar-refractivity contribution is -0.115. The van der Waals surface area contributed by atoms with Crippen molar-refractivity contribution >= 4 is 58.4 Å². The smallest absolute Gasteiger partial charge is 0.337 e. The van der Waals surface area contributed by atoms with Crippen LogP contribution in [0.4, 0.5) is 5.69 Å². The van der Waals surface area contributed by atoms with Gasteiger partial charge in [0.05, 0.1) is 28.4 Å². The Hall–Kier alpha value is -2.21. The van der Waals surface area contributed by atoms with E-state index < -0.39 is 11.9 Å². The predicted octanol–water partition coefficient (Wildman–Crippen LogP) is 4.59. The predicted molar refractivity (Wildman–Crippen MR) is 100 cm³/mol. The number of nitrogens with one attached hydrogen (secondary N) is 2. The summed E-state index contributed by atoms with van der Waals surface area (Å²) in [6.45, 7) is 0. The van der Waals surface area contributed by atoms with Crippen LogP contribution in [0.5, 0.6) is 0 Å². The number of methoxy groups -OCH3 is 1. The normalized spacial score (nSPS) is 10.6. The van der Waals surface area contributed by atoms with Gasteiger partial charge < -0.3 is 4.74 Å². The second-order valence-corrected chi connectivity index (χ2v) is 6.06. The SMILES string of the molecule is COC(=O)c1ccc(/C=C/C(=O)NNc2c(Cl)cc(Cl)cc2Cl)cc1. The van der Waals surface area contributed by atoms with Gasteiger partial charge >= 0.3 is 5.97 Å². The maximum atomic E-state index is 11.9. The number of halogens is 3. The second-order valence-electron chi connectivity index (χ2n) is 4.81. The zero-order valence-electron chi connectivity index (χ0n) is 13.0. The number of hydrogen-bond donors (Lipinski definition) is 2. The highest BCUT2D eigenvalue weighted by Crippen LogP contribution is 2.33. The van der Waals surface area contributed by atoms with Gasteiger partial charge in [0.25, 0.3) is 5.91 Å². The molecule has 2 rings (SSSR count). The van der Waals surface area contributed by atoms with Crippen molar-refractivity contribution in [1.82, 2.24) is 5.43 Å². The molecule has 8 heteroatoms. The summed E-state index contributed by atoms with van der Waals surface area (Å²) in [5.74, 6) is -0.840. The van der Waals surface area contributed by atoms with Gasteiger partial charge in [-0.2, -0.15) is 0 Å². The summed E-state index contributed by atoms with van der Waals surface area (Å²) < 4.78 is 4.62. The number of carbonyl (C=O) groups is 2.